The van der Waals surface area contributed by atoms with Crippen molar-refractivity contribution in [1.29, 1.82) is 0 Å². The van der Waals surface area contributed by atoms with Crippen molar-refractivity contribution in [2.75, 3.05) is 26.2 Å². The van der Waals surface area contributed by atoms with Gasteiger partial charge < -0.3 is 15.3 Å². The SMILES string of the molecule is O=C(NC1CCN(C2CCN(C(=O)O)CC2)C1)c1ccc2n[nH]nc2c1. The van der Waals surface area contributed by atoms with Gasteiger partial charge in [0.15, 0.2) is 0 Å². The molecule has 0 aliphatic carbocycles. The number of hydrogen-bond donors (Lipinski definition) is 3. The second-order valence-electron chi connectivity index (χ2n) is 6.98. The number of amides is 2. The molecule has 2 aromatic rings. The van der Waals surface area contributed by atoms with E-state index in [2.05, 4.69) is 25.6 Å². The van der Waals surface area contributed by atoms with Crippen LogP contribution >= 0.6 is 0 Å². The second kappa shape index (κ2) is 6.91. The molecule has 0 saturated carbocycles. The molecule has 1 aromatic heterocycles. The van der Waals surface area contributed by atoms with Gasteiger partial charge in [0.2, 0.25) is 0 Å². The van der Waals surface area contributed by atoms with Crippen LogP contribution in [0.3, 0.4) is 0 Å². The van der Waals surface area contributed by atoms with Crippen LogP contribution in [-0.4, -0.2) is 80.6 Å². The molecule has 4 rings (SSSR count). The molecule has 0 radical (unpaired) electrons. The molecule has 0 spiro atoms. The Kier molecular flexibility index (Phi) is 4.46. The highest BCUT2D eigenvalue weighted by atomic mass is 16.4. The number of H-pyrrole nitrogens is 1. The first-order valence-corrected chi connectivity index (χ1v) is 8.93. The van der Waals surface area contributed by atoms with Crippen molar-refractivity contribution in [2.45, 2.75) is 31.3 Å². The molecule has 138 valence electrons. The molecule has 9 heteroatoms. The number of carboxylic acid groups (broad SMARTS) is 1. The van der Waals surface area contributed by atoms with E-state index < -0.39 is 6.09 Å². The van der Waals surface area contributed by atoms with Crippen molar-refractivity contribution in [2.24, 2.45) is 0 Å². The molecule has 1 unspecified atom stereocenters. The molecule has 3 heterocycles. The van der Waals surface area contributed by atoms with E-state index in [4.69, 9.17) is 5.11 Å². The Balaban J connectivity index is 1.31. The summed E-state index contributed by atoms with van der Waals surface area (Å²) in [6.07, 6.45) is 1.79. The lowest BCUT2D eigenvalue weighted by atomic mass is 10.0. The first kappa shape index (κ1) is 16.8. The highest BCUT2D eigenvalue weighted by Crippen LogP contribution is 2.22. The number of benzene rings is 1. The highest BCUT2D eigenvalue weighted by Gasteiger charge is 2.32. The summed E-state index contributed by atoms with van der Waals surface area (Å²) in [5, 5.41) is 22.7. The minimum Gasteiger partial charge on any atom is -0.465 e. The molecule has 1 aromatic carbocycles. The van der Waals surface area contributed by atoms with Gasteiger partial charge in [0, 0.05) is 43.8 Å². The number of aromatic amines is 1. The van der Waals surface area contributed by atoms with Crippen molar-refractivity contribution in [3.05, 3.63) is 23.8 Å². The van der Waals surface area contributed by atoms with Crippen LogP contribution in [0.25, 0.3) is 11.0 Å². The zero-order valence-corrected chi connectivity index (χ0v) is 14.4. The quantitative estimate of drug-likeness (QED) is 0.751. The Hall–Kier alpha value is -2.68. The second-order valence-corrected chi connectivity index (χ2v) is 6.98. The molecule has 3 N–H and O–H groups in total. The molecular weight excluding hydrogens is 336 g/mol. The third-order valence-electron chi connectivity index (χ3n) is 5.38. The number of likely N-dealkylation sites (tertiary alicyclic amines) is 2. The van der Waals surface area contributed by atoms with Gasteiger partial charge >= 0.3 is 6.09 Å². The maximum absolute atomic E-state index is 12.5. The zero-order valence-electron chi connectivity index (χ0n) is 14.4. The topological polar surface area (TPSA) is 114 Å². The Morgan fingerprint density at radius 1 is 1.12 bits per heavy atom. The molecule has 26 heavy (non-hydrogen) atoms. The van der Waals surface area contributed by atoms with Crippen molar-refractivity contribution >= 4 is 23.0 Å². The van der Waals surface area contributed by atoms with Crippen LogP contribution in [0.5, 0.6) is 0 Å². The van der Waals surface area contributed by atoms with Crippen LogP contribution in [0.4, 0.5) is 4.79 Å². The molecular formula is C17H22N6O3. The summed E-state index contributed by atoms with van der Waals surface area (Å²) in [5.74, 6) is -0.0950. The molecule has 1 atom stereocenters. The van der Waals surface area contributed by atoms with Crippen LogP contribution in [-0.2, 0) is 0 Å². The zero-order chi connectivity index (χ0) is 18.1. The Morgan fingerprint density at radius 3 is 2.65 bits per heavy atom. The van der Waals surface area contributed by atoms with E-state index in [-0.39, 0.29) is 11.9 Å². The van der Waals surface area contributed by atoms with Gasteiger partial charge in [-0.3, -0.25) is 9.69 Å². The predicted molar refractivity (Wildman–Crippen MR) is 94.0 cm³/mol. The normalized spacial score (nSPS) is 22.0. The summed E-state index contributed by atoms with van der Waals surface area (Å²) in [4.78, 5) is 27.4. The van der Waals surface area contributed by atoms with Gasteiger partial charge in [0.05, 0.1) is 0 Å². The van der Waals surface area contributed by atoms with Crippen LogP contribution in [0, 0.1) is 0 Å². The fourth-order valence-corrected chi connectivity index (χ4v) is 3.91. The molecule has 2 amide bonds. The summed E-state index contributed by atoms with van der Waals surface area (Å²) in [7, 11) is 0. The predicted octanol–water partition coefficient (Wildman–Crippen LogP) is 0.904. The molecule has 2 fully saturated rings. The summed E-state index contributed by atoms with van der Waals surface area (Å²) >= 11 is 0. The Labute approximate surface area is 150 Å². The number of hydrogen-bond acceptors (Lipinski definition) is 5. The number of nitrogens with one attached hydrogen (secondary N) is 2. The molecule has 0 bridgehead atoms. The number of rotatable bonds is 3. The van der Waals surface area contributed by atoms with Crippen LogP contribution in [0.1, 0.15) is 29.6 Å². The summed E-state index contributed by atoms with van der Waals surface area (Å²) in [5.41, 5.74) is 2.00. The smallest absolute Gasteiger partial charge is 0.407 e. The van der Waals surface area contributed by atoms with E-state index in [1.807, 2.05) is 0 Å². The van der Waals surface area contributed by atoms with E-state index in [0.29, 0.717) is 30.2 Å². The van der Waals surface area contributed by atoms with Gasteiger partial charge in [-0.1, -0.05) is 0 Å². The third kappa shape index (κ3) is 3.34. The minimum atomic E-state index is -0.834. The maximum Gasteiger partial charge on any atom is 0.407 e. The monoisotopic (exact) mass is 358 g/mol. The molecule has 9 nitrogen and oxygen atoms in total. The van der Waals surface area contributed by atoms with Crippen molar-refractivity contribution < 1.29 is 14.7 Å². The van der Waals surface area contributed by atoms with E-state index in [9.17, 15) is 9.59 Å². The van der Waals surface area contributed by atoms with E-state index in [1.165, 1.54) is 4.90 Å². The highest BCUT2D eigenvalue weighted by molar-refractivity contribution is 5.97. The number of carbonyl (C=O) groups is 2. The fourth-order valence-electron chi connectivity index (χ4n) is 3.91. The number of carbonyl (C=O) groups excluding carboxylic acids is 1. The van der Waals surface area contributed by atoms with Gasteiger partial charge in [-0.15, -0.1) is 0 Å². The third-order valence-corrected chi connectivity index (χ3v) is 5.38. The standard InChI is InChI=1S/C17H22N6O3/c24-16(11-1-2-14-15(9-11)20-21-19-14)18-12-3-6-23(10-12)13-4-7-22(8-5-13)17(25)26/h1-2,9,12-13H,3-8,10H2,(H,18,24)(H,25,26)(H,19,20,21). The number of aromatic nitrogens is 3. The minimum absolute atomic E-state index is 0.0950. The van der Waals surface area contributed by atoms with Gasteiger partial charge in [-0.2, -0.15) is 15.4 Å². The number of piperidine rings is 1. The van der Waals surface area contributed by atoms with Gasteiger partial charge in [-0.25, -0.2) is 4.79 Å². The van der Waals surface area contributed by atoms with Gasteiger partial charge in [0.25, 0.3) is 5.91 Å². The van der Waals surface area contributed by atoms with Crippen molar-refractivity contribution in [3.63, 3.8) is 0 Å². The maximum atomic E-state index is 12.5. The Morgan fingerprint density at radius 2 is 1.88 bits per heavy atom. The summed E-state index contributed by atoms with van der Waals surface area (Å²) in [6.45, 7) is 2.93. The van der Waals surface area contributed by atoms with Gasteiger partial charge in [0.1, 0.15) is 11.0 Å². The summed E-state index contributed by atoms with van der Waals surface area (Å²) in [6, 6.07) is 5.80. The Bertz CT molecular complexity index is 814. The van der Waals surface area contributed by atoms with E-state index in [0.717, 1.165) is 37.9 Å². The summed E-state index contributed by atoms with van der Waals surface area (Å²) < 4.78 is 0. The lowest BCUT2D eigenvalue weighted by Gasteiger charge is -2.35. The number of fused-ring (bicyclic) bond motifs is 1. The van der Waals surface area contributed by atoms with Crippen molar-refractivity contribution in [3.8, 4) is 0 Å². The molecule has 2 saturated heterocycles. The lowest BCUT2D eigenvalue weighted by molar-refractivity contribution is 0.0920. The molecule has 2 aliphatic heterocycles. The van der Waals surface area contributed by atoms with E-state index >= 15 is 0 Å². The van der Waals surface area contributed by atoms with Crippen molar-refractivity contribution in [1.82, 2.24) is 30.5 Å². The first-order valence-electron chi connectivity index (χ1n) is 8.93. The van der Waals surface area contributed by atoms with E-state index in [1.54, 1.807) is 18.2 Å². The lowest BCUT2D eigenvalue weighted by Crippen LogP contribution is -2.46. The molecule has 2 aliphatic rings. The van der Waals surface area contributed by atoms with Crippen LogP contribution in [0.15, 0.2) is 18.2 Å². The van der Waals surface area contributed by atoms with Crippen LogP contribution in [0.2, 0.25) is 0 Å². The van der Waals surface area contributed by atoms with Crippen LogP contribution < -0.4 is 5.32 Å². The first-order chi connectivity index (χ1) is 12.6. The fraction of sp³-hybridized carbons (Fsp3) is 0.529. The van der Waals surface area contributed by atoms with Gasteiger partial charge in [-0.05, 0) is 37.5 Å². The number of nitrogens with zero attached hydrogens (tertiary/aromatic N) is 4. The average molecular weight is 358 g/mol. The largest absolute Gasteiger partial charge is 0.465 e. The average Bonchev–Trinajstić information content (AvgIpc) is 3.30.